The Morgan fingerprint density at radius 1 is 1.73 bits per heavy atom. The van der Waals surface area contributed by atoms with E-state index in [0.717, 1.165) is 0 Å². The van der Waals surface area contributed by atoms with Gasteiger partial charge in [0.1, 0.15) is 23.2 Å². The molecule has 0 aliphatic rings. The smallest absolute Gasteiger partial charge is 0.328 e. The summed E-state index contributed by atoms with van der Waals surface area (Å²) >= 11 is 5.81. The molecule has 0 spiro atoms. The molecule has 0 aliphatic heterocycles. The van der Waals surface area contributed by atoms with Crippen LogP contribution in [-0.2, 0) is 9.53 Å². The van der Waals surface area contributed by atoms with E-state index in [2.05, 4.69) is 15.3 Å². The maximum atomic E-state index is 11.3. The minimum Gasteiger partial charge on any atom is -0.464 e. The highest BCUT2D eigenvalue weighted by molar-refractivity contribution is 6.32. The molecule has 1 N–H and O–H groups in total. The molecule has 0 aromatic carbocycles. The standard InChI is InChI=1S/C9H12ClN3O2/c1-3-15-9(14)6(2)13-8-7(10)4-11-5-12-8/h4-6H,3H2,1-2H3,(H,11,12,13). The van der Waals surface area contributed by atoms with Crippen molar-refractivity contribution in [1.29, 1.82) is 0 Å². The molecular formula is C9H12ClN3O2. The summed E-state index contributed by atoms with van der Waals surface area (Å²) in [7, 11) is 0. The average molecular weight is 230 g/mol. The van der Waals surface area contributed by atoms with E-state index in [1.165, 1.54) is 12.5 Å². The molecular weight excluding hydrogens is 218 g/mol. The van der Waals surface area contributed by atoms with Crippen molar-refractivity contribution in [3.63, 3.8) is 0 Å². The zero-order valence-electron chi connectivity index (χ0n) is 8.53. The topological polar surface area (TPSA) is 64.1 Å². The van der Waals surface area contributed by atoms with E-state index in [0.29, 0.717) is 17.4 Å². The van der Waals surface area contributed by atoms with Crippen LogP contribution in [-0.4, -0.2) is 28.6 Å². The van der Waals surface area contributed by atoms with Gasteiger partial charge in [0.15, 0.2) is 0 Å². The lowest BCUT2D eigenvalue weighted by atomic mass is 10.3. The number of hydrogen-bond donors (Lipinski definition) is 1. The number of nitrogens with zero attached hydrogens (tertiary/aromatic N) is 2. The van der Waals surface area contributed by atoms with Crippen LogP contribution in [0.15, 0.2) is 12.5 Å². The fourth-order valence-electron chi connectivity index (χ4n) is 0.950. The lowest BCUT2D eigenvalue weighted by Crippen LogP contribution is -2.28. The van der Waals surface area contributed by atoms with Gasteiger partial charge in [-0.1, -0.05) is 11.6 Å². The molecule has 0 aliphatic carbocycles. The lowest BCUT2D eigenvalue weighted by molar-refractivity contribution is -0.143. The first-order valence-electron chi connectivity index (χ1n) is 4.53. The molecule has 1 heterocycles. The van der Waals surface area contributed by atoms with Crippen LogP contribution in [0.1, 0.15) is 13.8 Å². The average Bonchev–Trinajstić information content (AvgIpc) is 2.21. The molecule has 1 aromatic heterocycles. The van der Waals surface area contributed by atoms with Crippen LogP contribution in [0.25, 0.3) is 0 Å². The van der Waals surface area contributed by atoms with Gasteiger partial charge in [0.2, 0.25) is 0 Å². The Morgan fingerprint density at radius 3 is 3.07 bits per heavy atom. The van der Waals surface area contributed by atoms with Gasteiger partial charge in [0.25, 0.3) is 0 Å². The number of carbonyl (C=O) groups is 1. The summed E-state index contributed by atoms with van der Waals surface area (Å²) in [4.78, 5) is 18.9. The molecule has 0 fully saturated rings. The number of hydrogen-bond acceptors (Lipinski definition) is 5. The van der Waals surface area contributed by atoms with Crippen molar-refractivity contribution in [3.05, 3.63) is 17.5 Å². The molecule has 5 nitrogen and oxygen atoms in total. The van der Waals surface area contributed by atoms with Gasteiger partial charge in [0, 0.05) is 0 Å². The van der Waals surface area contributed by atoms with Crippen LogP contribution < -0.4 is 5.32 Å². The fraction of sp³-hybridized carbons (Fsp3) is 0.444. The zero-order chi connectivity index (χ0) is 11.3. The summed E-state index contributed by atoms with van der Waals surface area (Å²) in [5.74, 6) is 0.0828. The SMILES string of the molecule is CCOC(=O)C(C)Nc1ncncc1Cl. The van der Waals surface area contributed by atoms with Gasteiger partial charge >= 0.3 is 5.97 Å². The predicted octanol–water partition coefficient (Wildman–Crippen LogP) is 1.49. The number of carbonyl (C=O) groups excluding carboxylic acids is 1. The Bertz CT molecular complexity index is 346. The van der Waals surface area contributed by atoms with Crippen LogP contribution in [0, 0.1) is 0 Å². The van der Waals surface area contributed by atoms with E-state index in [4.69, 9.17) is 16.3 Å². The van der Waals surface area contributed by atoms with Crippen molar-refractivity contribution >= 4 is 23.4 Å². The van der Waals surface area contributed by atoms with Gasteiger partial charge in [-0.2, -0.15) is 0 Å². The number of rotatable bonds is 4. The number of anilines is 1. The lowest BCUT2D eigenvalue weighted by Gasteiger charge is -2.13. The summed E-state index contributed by atoms with van der Waals surface area (Å²) in [5.41, 5.74) is 0. The van der Waals surface area contributed by atoms with Crippen molar-refractivity contribution in [2.75, 3.05) is 11.9 Å². The van der Waals surface area contributed by atoms with Gasteiger partial charge in [-0.3, -0.25) is 0 Å². The molecule has 0 bridgehead atoms. The van der Waals surface area contributed by atoms with Crippen LogP contribution in [0.2, 0.25) is 5.02 Å². The minimum atomic E-state index is -0.489. The number of esters is 1. The second-order valence-corrected chi connectivity index (χ2v) is 3.24. The summed E-state index contributed by atoms with van der Waals surface area (Å²) in [5, 5.41) is 3.21. The van der Waals surface area contributed by atoms with E-state index in [1.807, 2.05) is 0 Å². The number of halogens is 1. The molecule has 15 heavy (non-hydrogen) atoms. The third-order valence-electron chi connectivity index (χ3n) is 1.66. The molecule has 1 aromatic rings. The maximum Gasteiger partial charge on any atom is 0.328 e. The normalized spacial score (nSPS) is 11.9. The molecule has 1 unspecified atom stereocenters. The number of ether oxygens (including phenoxy) is 1. The van der Waals surface area contributed by atoms with Gasteiger partial charge < -0.3 is 10.1 Å². The minimum absolute atomic E-state index is 0.341. The first kappa shape index (κ1) is 11.7. The fourth-order valence-corrected chi connectivity index (χ4v) is 1.11. The zero-order valence-corrected chi connectivity index (χ0v) is 9.28. The molecule has 6 heteroatoms. The Labute approximate surface area is 92.8 Å². The van der Waals surface area contributed by atoms with E-state index < -0.39 is 6.04 Å². The largest absolute Gasteiger partial charge is 0.464 e. The van der Waals surface area contributed by atoms with Crippen LogP contribution in [0.5, 0.6) is 0 Å². The van der Waals surface area contributed by atoms with Gasteiger partial charge in [-0.25, -0.2) is 14.8 Å². The van der Waals surface area contributed by atoms with E-state index in [9.17, 15) is 4.79 Å². The van der Waals surface area contributed by atoms with Gasteiger partial charge in [0.05, 0.1) is 12.8 Å². The quantitative estimate of drug-likeness (QED) is 0.793. The van der Waals surface area contributed by atoms with Crippen molar-refractivity contribution in [3.8, 4) is 0 Å². The predicted molar refractivity (Wildman–Crippen MR) is 56.8 cm³/mol. The van der Waals surface area contributed by atoms with Crippen molar-refractivity contribution in [1.82, 2.24) is 9.97 Å². The summed E-state index contributed by atoms with van der Waals surface area (Å²) in [6, 6.07) is -0.489. The molecule has 82 valence electrons. The molecule has 1 rings (SSSR count). The number of nitrogens with one attached hydrogen (secondary N) is 1. The molecule has 0 saturated heterocycles. The number of aromatic nitrogens is 2. The monoisotopic (exact) mass is 229 g/mol. The third-order valence-corrected chi connectivity index (χ3v) is 1.94. The molecule has 1 atom stereocenters. The van der Waals surface area contributed by atoms with Crippen LogP contribution >= 0.6 is 11.6 Å². The van der Waals surface area contributed by atoms with E-state index in [1.54, 1.807) is 13.8 Å². The summed E-state index contributed by atoms with van der Waals surface area (Å²) < 4.78 is 4.83. The summed E-state index contributed by atoms with van der Waals surface area (Å²) in [6.07, 6.45) is 2.81. The van der Waals surface area contributed by atoms with Gasteiger partial charge in [-0.15, -0.1) is 0 Å². The highest BCUT2D eigenvalue weighted by Crippen LogP contribution is 2.16. The Balaban J connectivity index is 2.62. The maximum absolute atomic E-state index is 11.3. The third kappa shape index (κ3) is 3.36. The van der Waals surface area contributed by atoms with E-state index >= 15 is 0 Å². The molecule has 0 amide bonds. The first-order valence-corrected chi connectivity index (χ1v) is 4.91. The van der Waals surface area contributed by atoms with Gasteiger partial charge in [-0.05, 0) is 13.8 Å². The Kier molecular flexibility index (Phi) is 4.30. The molecule has 0 radical (unpaired) electrons. The highest BCUT2D eigenvalue weighted by atomic mass is 35.5. The van der Waals surface area contributed by atoms with Crippen molar-refractivity contribution < 1.29 is 9.53 Å². The van der Waals surface area contributed by atoms with Crippen LogP contribution in [0.3, 0.4) is 0 Å². The first-order chi connectivity index (χ1) is 7.15. The second-order valence-electron chi connectivity index (χ2n) is 2.84. The Hall–Kier alpha value is -1.36. The highest BCUT2D eigenvalue weighted by Gasteiger charge is 2.15. The van der Waals surface area contributed by atoms with Crippen LogP contribution in [0.4, 0.5) is 5.82 Å². The molecule has 0 saturated carbocycles. The van der Waals surface area contributed by atoms with Crippen molar-refractivity contribution in [2.24, 2.45) is 0 Å². The second kappa shape index (κ2) is 5.50. The van der Waals surface area contributed by atoms with Crippen molar-refractivity contribution in [2.45, 2.75) is 19.9 Å². The van der Waals surface area contributed by atoms with E-state index in [-0.39, 0.29) is 5.97 Å². The summed E-state index contributed by atoms with van der Waals surface area (Å²) in [6.45, 7) is 3.78. The Morgan fingerprint density at radius 2 is 2.47 bits per heavy atom.